The van der Waals surface area contributed by atoms with Crippen molar-refractivity contribution in [1.29, 1.82) is 0 Å². The van der Waals surface area contributed by atoms with Gasteiger partial charge in [-0.2, -0.15) is 0 Å². The molecule has 164 valence electrons. The van der Waals surface area contributed by atoms with E-state index in [1.54, 1.807) is 18.2 Å². The third-order valence-electron chi connectivity index (χ3n) is 4.39. The number of Topliss-reactive ketones (excluding diaryl/α,β-unsaturated/α-hetero) is 2. The first kappa shape index (κ1) is 28.8. The fourth-order valence-electron chi connectivity index (χ4n) is 3.09. The molecule has 9 heteroatoms. The molecule has 0 aliphatic heterocycles. The van der Waals surface area contributed by atoms with Gasteiger partial charge in [0.15, 0.2) is 11.6 Å². The zero-order chi connectivity index (χ0) is 22.5. The van der Waals surface area contributed by atoms with E-state index in [4.69, 9.17) is 9.84 Å². The average molecular weight is 971 g/mol. The van der Waals surface area contributed by atoms with E-state index in [2.05, 4.69) is 81.0 Å². The molecule has 0 atom stereocenters. The van der Waals surface area contributed by atoms with Crippen LogP contribution in [0.5, 0.6) is 11.5 Å². The third-order valence-corrected chi connectivity index (χ3v) is 4.39. The minimum absolute atomic E-state index is 0.149. The molecule has 30 heavy (non-hydrogen) atoms. The Bertz CT molecular complexity index is 870. The van der Waals surface area contributed by atoms with E-state index >= 15 is 0 Å². The van der Waals surface area contributed by atoms with E-state index in [1.165, 1.54) is 0 Å². The summed E-state index contributed by atoms with van der Waals surface area (Å²) in [5.74, 6) is 1.30. The van der Waals surface area contributed by atoms with Crippen LogP contribution in [0.1, 0.15) is 44.7 Å². The van der Waals surface area contributed by atoms with Gasteiger partial charge in [0.05, 0.1) is 0 Å². The van der Waals surface area contributed by atoms with Crippen LogP contribution in [-0.2, 0) is 12.8 Å². The van der Waals surface area contributed by atoms with Gasteiger partial charge in [0.25, 0.3) is 0 Å². The van der Waals surface area contributed by atoms with Gasteiger partial charge in [-0.05, 0) is 48.2 Å². The number of carbonyl (C=O) groups excluding carboxylic acids is 2. The molecule has 2 aromatic carbocycles. The molecule has 0 aromatic heterocycles. The van der Waals surface area contributed by atoms with E-state index in [0.717, 1.165) is 35.3 Å². The van der Waals surface area contributed by atoms with Gasteiger partial charge in [0, 0.05) is 61.2 Å². The molecule has 2 aliphatic rings. The number of ketones is 2. The molecule has 0 bridgehead atoms. The van der Waals surface area contributed by atoms with E-state index in [0.29, 0.717) is 38.3 Å². The van der Waals surface area contributed by atoms with Crippen molar-refractivity contribution in [2.24, 2.45) is 0 Å². The van der Waals surface area contributed by atoms with Crippen molar-refractivity contribution in [3.8, 4) is 11.5 Å². The smallest absolute Gasteiger partial charge is 0.163 e. The summed E-state index contributed by atoms with van der Waals surface area (Å²) >= 11 is 9.54. The number of phenols is 1. The predicted octanol–water partition coefficient (Wildman–Crippen LogP) is 4.45. The fraction of sp³-hybridized carbons (Fsp3) is 0.238. The van der Waals surface area contributed by atoms with Crippen LogP contribution in [0.4, 0.5) is 0 Å². The van der Waals surface area contributed by atoms with Crippen LogP contribution in [0.25, 0.3) is 0 Å². The zero-order valence-electron chi connectivity index (χ0n) is 15.8. The Balaban J connectivity index is 0.000000252. The van der Waals surface area contributed by atoms with E-state index < -0.39 is 0 Å². The van der Waals surface area contributed by atoms with Crippen LogP contribution >= 0.6 is 74.5 Å². The normalized spacial score (nSPS) is 12.9. The molecule has 2 aliphatic carbocycles. The van der Waals surface area contributed by atoms with Gasteiger partial charge in [-0.3, -0.25) is 9.59 Å². The van der Waals surface area contributed by atoms with Crippen molar-refractivity contribution < 1.29 is 32.7 Å². The molecule has 0 saturated heterocycles. The Labute approximate surface area is 230 Å². The SMILES string of the molecule is C=CCOc1ccc2c(c1)C(=O)CC2.II.I[I-]I.O=C1CCc2ccc(O)cc21. The number of carbonyl (C=O) groups is 2. The second-order valence-electron chi connectivity index (χ2n) is 6.16. The fourth-order valence-corrected chi connectivity index (χ4v) is 3.09. The molecule has 0 fully saturated rings. The molecule has 0 radical (unpaired) electrons. The third kappa shape index (κ3) is 9.33. The van der Waals surface area contributed by atoms with Gasteiger partial charge < -0.3 is 9.84 Å². The molecule has 4 nitrogen and oxygen atoms in total. The quantitative estimate of drug-likeness (QED) is 0.366. The topological polar surface area (TPSA) is 63.6 Å². The van der Waals surface area contributed by atoms with Crippen molar-refractivity contribution in [3.05, 3.63) is 71.3 Å². The van der Waals surface area contributed by atoms with Crippen molar-refractivity contribution >= 4 is 86.0 Å². The second-order valence-corrected chi connectivity index (χ2v) is 22.4. The van der Waals surface area contributed by atoms with Crippen molar-refractivity contribution in [1.82, 2.24) is 0 Å². The Morgan fingerprint density at radius 1 is 0.933 bits per heavy atom. The molecule has 0 unspecified atom stereocenters. The molecular formula is C21H20I5O4-. The predicted molar refractivity (Wildman–Crippen MR) is 152 cm³/mol. The maximum absolute atomic E-state index is 11.4. The minimum Gasteiger partial charge on any atom is -0.508 e. The molecule has 0 saturated carbocycles. The summed E-state index contributed by atoms with van der Waals surface area (Å²) < 4.78 is 5.36. The Morgan fingerprint density at radius 2 is 1.43 bits per heavy atom. The number of halogens is 5. The second kappa shape index (κ2) is 16.4. The van der Waals surface area contributed by atoms with Gasteiger partial charge in [0.2, 0.25) is 0 Å². The molecule has 0 heterocycles. The van der Waals surface area contributed by atoms with Crippen LogP contribution in [0.2, 0.25) is 0 Å². The van der Waals surface area contributed by atoms with Gasteiger partial charge in [-0.25, -0.2) is 0 Å². The zero-order valence-corrected chi connectivity index (χ0v) is 26.6. The number of aryl methyl sites for hydroxylation is 2. The summed E-state index contributed by atoms with van der Waals surface area (Å²) in [5.41, 5.74) is 3.73. The molecule has 1 N–H and O–H groups in total. The van der Waals surface area contributed by atoms with Crippen molar-refractivity contribution in [2.45, 2.75) is 25.7 Å². The summed E-state index contributed by atoms with van der Waals surface area (Å²) in [4.78, 5) is 22.5. The van der Waals surface area contributed by atoms with Crippen LogP contribution in [0.3, 0.4) is 0 Å². The van der Waals surface area contributed by atoms with Crippen LogP contribution < -0.4 is 18.0 Å². The van der Waals surface area contributed by atoms with Crippen molar-refractivity contribution in [3.63, 3.8) is 0 Å². The Kier molecular flexibility index (Phi) is 15.7. The number of rotatable bonds is 3. The first-order valence-corrected chi connectivity index (χ1v) is 27.6. The molecule has 2 aromatic rings. The molecular weight excluding hydrogens is 951 g/mol. The monoisotopic (exact) mass is 971 g/mol. The maximum atomic E-state index is 11.4. The van der Waals surface area contributed by atoms with Crippen LogP contribution in [0.15, 0.2) is 49.1 Å². The minimum atomic E-state index is 0.149. The van der Waals surface area contributed by atoms with Gasteiger partial charge >= 0.3 is 50.5 Å². The number of aromatic hydroxyl groups is 1. The molecule has 4 rings (SSSR count). The average Bonchev–Trinajstić information content (AvgIpc) is 3.31. The standard InChI is InChI=1S/C12H12O2.C9H8O2.I3.I2/c1-2-7-14-10-5-3-9-4-6-12(13)11(9)8-10;10-7-3-1-6-2-4-9(11)8(6)5-7;1-3-2;1-2/h2-3,5,8H,1,4,6-7H2;1,3,5,10H,2,4H2;;/q;;-1;. The Hall–Kier alpha value is 0.770. The number of benzene rings is 2. The van der Waals surface area contributed by atoms with E-state index in [1.807, 2.05) is 24.3 Å². The van der Waals surface area contributed by atoms with Crippen LogP contribution in [0, 0.1) is 0 Å². The largest absolute Gasteiger partial charge is 0.508 e. The first-order valence-electron chi connectivity index (χ1n) is 8.76. The van der Waals surface area contributed by atoms with Gasteiger partial charge in [-0.1, -0.05) is 24.8 Å². The summed E-state index contributed by atoms with van der Waals surface area (Å²) in [5, 5.41) is 9.06. The van der Waals surface area contributed by atoms with Crippen LogP contribution in [-0.4, -0.2) is 23.3 Å². The first-order chi connectivity index (χ1) is 14.5. The summed E-state index contributed by atoms with van der Waals surface area (Å²) in [6.45, 7) is 4.05. The number of phenolic OH excluding ortho intramolecular Hbond substituents is 1. The molecule has 0 spiro atoms. The van der Waals surface area contributed by atoms with E-state index in [9.17, 15) is 9.59 Å². The number of hydrogen-bond donors (Lipinski definition) is 1. The summed E-state index contributed by atoms with van der Waals surface area (Å²) in [6.07, 6.45) is 4.62. The number of hydrogen-bond acceptors (Lipinski definition) is 4. The van der Waals surface area contributed by atoms with E-state index in [-0.39, 0.29) is 17.3 Å². The molecule has 0 amide bonds. The number of ether oxygens (including phenoxy) is 1. The van der Waals surface area contributed by atoms with Crippen molar-refractivity contribution in [2.75, 3.05) is 6.61 Å². The maximum Gasteiger partial charge on any atom is 0.163 e. The van der Waals surface area contributed by atoms with Gasteiger partial charge in [-0.15, -0.1) is 0 Å². The Morgan fingerprint density at radius 3 is 1.97 bits per heavy atom. The number of fused-ring (bicyclic) bond motifs is 2. The summed E-state index contributed by atoms with van der Waals surface area (Å²) in [6, 6.07) is 10.7. The summed E-state index contributed by atoms with van der Waals surface area (Å²) in [7, 11) is 0. The van der Waals surface area contributed by atoms with Gasteiger partial charge in [0.1, 0.15) is 18.1 Å².